The molecule has 210 valence electrons. The summed E-state index contributed by atoms with van der Waals surface area (Å²) in [4.78, 5) is 22.4. The van der Waals surface area contributed by atoms with Gasteiger partial charge in [-0.1, -0.05) is 5.16 Å². The molecule has 1 saturated heterocycles. The molecule has 0 spiro atoms. The number of aryl methyl sites for hydroxylation is 1. The Morgan fingerprint density at radius 3 is 2.70 bits per heavy atom. The summed E-state index contributed by atoms with van der Waals surface area (Å²) in [6.07, 6.45) is 0.502. The van der Waals surface area contributed by atoms with Crippen LogP contribution in [0.15, 0.2) is 53.2 Å². The highest BCUT2D eigenvalue weighted by Crippen LogP contribution is 2.27. The van der Waals surface area contributed by atoms with Crippen molar-refractivity contribution in [1.82, 2.24) is 29.8 Å². The lowest BCUT2D eigenvalue weighted by Gasteiger charge is -2.15. The summed E-state index contributed by atoms with van der Waals surface area (Å²) >= 11 is 0. The molecule has 10 nitrogen and oxygen atoms in total. The zero-order valence-electron chi connectivity index (χ0n) is 21.8. The van der Waals surface area contributed by atoms with Crippen LogP contribution in [-0.4, -0.2) is 61.7 Å². The van der Waals surface area contributed by atoms with Crippen LogP contribution in [0.4, 0.5) is 19.0 Å². The molecule has 1 aliphatic heterocycles. The number of halogens is 3. The molecular weight excluding hydrogens is 527 g/mol. The van der Waals surface area contributed by atoms with Crippen molar-refractivity contribution in [2.24, 2.45) is 0 Å². The maximum absolute atomic E-state index is 12.4. The van der Waals surface area contributed by atoms with Crippen LogP contribution in [0.2, 0.25) is 0 Å². The zero-order valence-corrected chi connectivity index (χ0v) is 21.8. The van der Waals surface area contributed by atoms with E-state index in [1.807, 2.05) is 34.7 Å². The molecule has 3 aromatic heterocycles. The second kappa shape index (κ2) is 11.8. The summed E-state index contributed by atoms with van der Waals surface area (Å²) in [5.74, 6) is 1.11. The number of benzene rings is 1. The van der Waals surface area contributed by atoms with Gasteiger partial charge < -0.3 is 19.5 Å². The minimum Gasteiger partial charge on any atom is -0.406 e. The molecule has 40 heavy (non-hydrogen) atoms. The maximum atomic E-state index is 12.4. The Hall–Kier alpha value is -4.42. The number of unbranched alkanes of at least 4 members (excludes halogenated alkanes) is 1. The number of aromatic nitrogens is 5. The Bertz CT molecular complexity index is 1450. The Kier molecular flexibility index (Phi) is 7.99. The van der Waals surface area contributed by atoms with E-state index in [2.05, 4.69) is 30.3 Å². The molecule has 0 atom stereocenters. The minimum atomic E-state index is -4.76. The molecule has 4 heterocycles. The molecule has 4 aromatic rings. The van der Waals surface area contributed by atoms with Gasteiger partial charge in [-0.3, -0.25) is 9.48 Å². The first-order valence-corrected chi connectivity index (χ1v) is 12.9. The molecule has 1 aromatic carbocycles. The van der Waals surface area contributed by atoms with Crippen LogP contribution in [0.3, 0.4) is 0 Å². The highest BCUT2D eigenvalue weighted by atomic mass is 19.4. The fourth-order valence-electron chi connectivity index (χ4n) is 4.45. The van der Waals surface area contributed by atoms with Crippen molar-refractivity contribution in [2.75, 3.05) is 25.0 Å². The molecular formula is C27H28F3N7O3. The SMILES string of the molecule is Cc1cc(-c2nc(-c3ccc(OC(F)(F)F)cc3)no2)nn1Cc1ccnc(NCCCCN2CCCC2=O)c1. The highest BCUT2D eigenvalue weighted by Gasteiger charge is 2.31. The van der Waals surface area contributed by atoms with Crippen LogP contribution in [0.1, 0.15) is 36.9 Å². The van der Waals surface area contributed by atoms with Crippen LogP contribution < -0.4 is 10.1 Å². The lowest BCUT2D eigenvalue weighted by Crippen LogP contribution is -2.25. The van der Waals surface area contributed by atoms with Crippen molar-refractivity contribution in [3.05, 3.63) is 59.9 Å². The van der Waals surface area contributed by atoms with Crippen molar-refractivity contribution in [1.29, 1.82) is 0 Å². The van der Waals surface area contributed by atoms with Gasteiger partial charge in [-0.15, -0.1) is 13.2 Å². The quantitative estimate of drug-likeness (QED) is 0.256. The molecule has 0 radical (unpaired) electrons. The van der Waals surface area contributed by atoms with Gasteiger partial charge in [-0.05, 0) is 74.2 Å². The lowest BCUT2D eigenvalue weighted by atomic mass is 10.2. The van der Waals surface area contributed by atoms with Crippen LogP contribution in [0, 0.1) is 6.92 Å². The number of nitrogens with zero attached hydrogens (tertiary/aromatic N) is 6. The molecule has 0 bridgehead atoms. The number of rotatable bonds is 11. The standard InChI is InChI=1S/C27H28F3N7O3/c1-18-15-22(26-33-25(35-40-26)20-6-8-21(9-7-20)39-27(28,29)30)34-37(18)17-19-10-12-32-23(16-19)31-11-2-3-13-36-14-4-5-24(36)38/h6-10,12,15-16H,2-5,11,13-14,17H2,1H3,(H,31,32). The summed E-state index contributed by atoms with van der Waals surface area (Å²) in [6, 6.07) is 10.9. The van der Waals surface area contributed by atoms with E-state index >= 15 is 0 Å². The average molecular weight is 556 g/mol. The first kappa shape index (κ1) is 27.2. The second-order valence-corrected chi connectivity index (χ2v) is 9.49. The van der Waals surface area contributed by atoms with Crippen molar-refractivity contribution >= 4 is 11.7 Å². The average Bonchev–Trinajstić information content (AvgIpc) is 3.65. The third-order valence-corrected chi connectivity index (χ3v) is 6.46. The number of alkyl halides is 3. The number of anilines is 1. The van der Waals surface area contributed by atoms with Gasteiger partial charge in [0.2, 0.25) is 11.7 Å². The van der Waals surface area contributed by atoms with Gasteiger partial charge in [0.1, 0.15) is 11.6 Å². The monoisotopic (exact) mass is 555 g/mol. The molecule has 1 amide bonds. The number of carbonyl (C=O) groups excluding carboxylic acids is 1. The minimum absolute atomic E-state index is 0.195. The third kappa shape index (κ3) is 6.96. The van der Waals surface area contributed by atoms with Crippen molar-refractivity contribution < 1.29 is 27.2 Å². The maximum Gasteiger partial charge on any atom is 0.573 e. The van der Waals surface area contributed by atoms with Crippen LogP contribution in [0.5, 0.6) is 5.75 Å². The van der Waals surface area contributed by atoms with Crippen molar-refractivity contribution in [3.63, 3.8) is 0 Å². The number of ether oxygens (including phenoxy) is 1. The summed E-state index contributed by atoms with van der Waals surface area (Å²) in [5, 5.41) is 11.9. The van der Waals surface area contributed by atoms with Crippen LogP contribution >= 0.6 is 0 Å². The Morgan fingerprint density at radius 2 is 1.95 bits per heavy atom. The van der Waals surface area contributed by atoms with E-state index in [9.17, 15) is 18.0 Å². The highest BCUT2D eigenvalue weighted by molar-refractivity contribution is 5.78. The van der Waals surface area contributed by atoms with E-state index in [0.717, 1.165) is 56.0 Å². The predicted molar refractivity (Wildman–Crippen MR) is 139 cm³/mol. The molecule has 5 rings (SSSR count). The van der Waals surface area contributed by atoms with Gasteiger partial charge in [0.25, 0.3) is 5.89 Å². The zero-order chi connectivity index (χ0) is 28.1. The number of likely N-dealkylation sites (tertiary alicyclic amines) is 1. The van der Waals surface area contributed by atoms with E-state index in [0.29, 0.717) is 24.2 Å². The number of nitrogens with one attached hydrogen (secondary N) is 1. The van der Waals surface area contributed by atoms with Gasteiger partial charge >= 0.3 is 6.36 Å². The molecule has 0 unspecified atom stereocenters. The molecule has 13 heteroatoms. The van der Waals surface area contributed by atoms with E-state index in [-0.39, 0.29) is 23.4 Å². The van der Waals surface area contributed by atoms with Gasteiger partial charge in [0, 0.05) is 43.5 Å². The molecule has 0 aliphatic carbocycles. The number of hydrogen-bond donors (Lipinski definition) is 1. The van der Waals surface area contributed by atoms with E-state index in [1.54, 1.807) is 6.20 Å². The van der Waals surface area contributed by atoms with Crippen molar-refractivity contribution in [3.8, 4) is 28.7 Å². The number of amides is 1. The summed E-state index contributed by atoms with van der Waals surface area (Å²) < 4.78 is 48.2. The topological polar surface area (TPSA) is 111 Å². The fourth-order valence-corrected chi connectivity index (χ4v) is 4.45. The Labute approximate surface area is 228 Å². The first-order chi connectivity index (χ1) is 19.2. The second-order valence-electron chi connectivity index (χ2n) is 9.49. The predicted octanol–water partition coefficient (Wildman–Crippen LogP) is 5.06. The fraction of sp³-hybridized carbons (Fsp3) is 0.370. The molecule has 1 N–H and O–H groups in total. The first-order valence-electron chi connectivity index (χ1n) is 12.9. The number of hydrogen-bond acceptors (Lipinski definition) is 8. The van der Waals surface area contributed by atoms with E-state index < -0.39 is 6.36 Å². The van der Waals surface area contributed by atoms with Gasteiger partial charge in [-0.25, -0.2) is 4.98 Å². The number of pyridine rings is 1. The third-order valence-electron chi connectivity index (χ3n) is 6.46. The van der Waals surface area contributed by atoms with Crippen molar-refractivity contribution in [2.45, 2.75) is 45.5 Å². The smallest absolute Gasteiger partial charge is 0.406 e. The summed E-state index contributed by atoms with van der Waals surface area (Å²) in [6.45, 7) is 4.86. The van der Waals surface area contributed by atoms with E-state index in [4.69, 9.17) is 4.52 Å². The van der Waals surface area contributed by atoms with Crippen LogP contribution in [-0.2, 0) is 11.3 Å². The Balaban J connectivity index is 1.17. The molecule has 0 saturated carbocycles. The molecule has 1 aliphatic rings. The number of carbonyl (C=O) groups is 1. The summed E-state index contributed by atoms with van der Waals surface area (Å²) in [7, 11) is 0. The van der Waals surface area contributed by atoms with Gasteiger partial charge in [0.15, 0.2) is 5.69 Å². The molecule has 1 fully saturated rings. The summed E-state index contributed by atoms with van der Waals surface area (Å²) in [5.41, 5.74) is 2.84. The Morgan fingerprint density at radius 1 is 1.12 bits per heavy atom. The van der Waals surface area contributed by atoms with Gasteiger partial charge in [0.05, 0.1) is 6.54 Å². The van der Waals surface area contributed by atoms with Gasteiger partial charge in [-0.2, -0.15) is 10.1 Å². The van der Waals surface area contributed by atoms with Crippen LogP contribution in [0.25, 0.3) is 23.0 Å². The largest absolute Gasteiger partial charge is 0.573 e. The lowest BCUT2D eigenvalue weighted by molar-refractivity contribution is -0.274. The van der Waals surface area contributed by atoms with E-state index in [1.165, 1.54) is 24.3 Å². The normalized spacial score (nSPS) is 13.7.